The van der Waals surface area contributed by atoms with Crippen molar-refractivity contribution in [2.24, 2.45) is 0 Å². The maximum atomic E-state index is 11.2. The van der Waals surface area contributed by atoms with Crippen molar-refractivity contribution in [2.45, 2.75) is 0 Å². The lowest BCUT2D eigenvalue weighted by Gasteiger charge is -2.19. The third kappa shape index (κ3) is 4.14. The Hall–Kier alpha value is -3.27. The van der Waals surface area contributed by atoms with Crippen LogP contribution < -0.4 is 14.4 Å². The van der Waals surface area contributed by atoms with Gasteiger partial charge in [-0.1, -0.05) is 0 Å². The van der Waals surface area contributed by atoms with E-state index in [1.807, 2.05) is 6.07 Å². The van der Waals surface area contributed by atoms with Crippen molar-refractivity contribution in [3.63, 3.8) is 0 Å². The van der Waals surface area contributed by atoms with E-state index < -0.39 is 4.92 Å². The van der Waals surface area contributed by atoms with Crippen LogP contribution in [0, 0.1) is 21.4 Å². The zero-order valence-electron chi connectivity index (χ0n) is 13.4. The molecule has 0 aromatic heterocycles. The summed E-state index contributed by atoms with van der Waals surface area (Å²) >= 11 is 0. The molecule has 0 saturated heterocycles. The highest BCUT2D eigenvalue weighted by Gasteiger charge is 2.18. The number of nitriles is 1. The third-order valence-electron chi connectivity index (χ3n) is 3.47. The molecule has 7 nitrogen and oxygen atoms in total. The van der Waals surface area contributed by atoms with Gasteiger partial charge in [-0.25, -0.2) is 0 Å². The molecule has 24 heavy (non-hydrogen) atoms. The van der Waals surface area contributed by atoms with E-state index in [2.05, 4.69) is 0 Å². The number of anilines is 1. The van der Waals surface area contributed by atoms with Crippen LogP contribution in [0.5, 0.6) is 11.5 Å². The van der Waals surface area contributed by atoms with Gasteiger partial charge >= 0.3 is 0 Å². The van der Waals surface area contributed by atoms with E-state index in [4.69, 9.17) is 14.7 Å². The van der Waals surface area contributed by atoms with Gasteiger partial charge < -0.3 is 14.4 Å². The highest BCUT2D eigenvalue weighted by Crippen LogP contribution is 2.28. The van der Waals surface area contributed by atoms with E-state index in [1.165, 1.54) is 6.07 Å². The topological polar surface area (TPSA) is 88.6 Å². The van der Waals surface area contributed by atoms with Crippen LogP contribution >= 0.6 is 0 Å². The summed E-state index contributed by atoms with van der Waals surface area (Å²) in [6.45, 7) is 0.818. The molecule has 2 rings (SSSR count). The molecule has 0 heterocycles. The first kappa shape index (κ1) is 17.1. The fourth-order valence-corrected chi connectivity index (χ4v) is 2.15. The van der Waals surface area contributed by atoms with Crippen LogP contribution in [0.15, 0.2) is 42.5 Å². The van der Waals surface area contributed by atoms with Gasteiger partial charge in [0, 0.05) is 13.1 Å². The lowest BCUT2D eigenvalue weighted by atomic mass is 10.2. The smallest absolute Gasteiger partial charge is 0.293 e. The molecule has 0 amide bonds. The Balaban J connectivity index is 2.00. The maximum Gasteiger partial charge on any atom is 0.293 e. The molecule has 0 aliphatic rings. The number of rotatable bonds is 7. The zero-order chi connectivity index (χ0) is 17.5. The van der Waals surface area contributed by atoms with Gasteiger partial charge in [-0.15, -0.1) is 0 Å². The molecule has 0 bridgehead atoms. The molecule has 0 spiro atoms. The Kier molecular flexibility index (Phi) is 5.58. The normalized spacial score (nSPS) is 9.88. The number of hydrogen-bond acceptors (Lipinski definition) is 6. The summed E-state index contributed by atoms with van der Waals surface area (Å²) in [7, 11) is 3.33. The highest BCUT2D eigenvalue weighted by molar-refractivity contribution is 5.65. The van der Waals surface area contributed by atoms with Crippen LogP contribution in [-0.4, -0.2) is 32.2 Å². The van der Waals surface area contributed by atoms with Crippen LogP contribution in [0.2, 0.25) is 0 Å². The van der Waals surface area contributed by atoms with E-state index in [0.29, 0.717) is 24.6 Å². The van der Waals surface area contributed by atoms with Crippen molar-refractivity contribution in [1.82, 2.24) is 0 Å². The van der Waals surface area contributed by atoms with Crippen LogP contribution in [0.1, 0.15) is 5.56 Å². The first-order valence-corrected chi connectivity index (χ1v) is 7.21. The van der Waals surface area contributed by atoms with Crippen LogP contribution in [0.4, 0.5) is 11.4 Å². The first-order valence-electron chi connectivity index (χ1n) is 7.21. The van der Waals surface area contributed by atoms with E-state index in [9.17, 15) is 10.1 Å². The Bertz CT molecular complexity index is 753. The standard InChI is InChI=1S/C17H17N3O4/c1-19(9-10-24-15-6-4-14(23-2)5-7-15)16-8-3-13(12-18)11-17(16)20(21)22/h3-8,11H,9-10H2,1-2H3. The Morgan fingerprint density at radius 1 is 1.21 bits per heavy atom. The molecule has 0 radical (unpaired) electrons. The summed E-state index contributed by atoms with van der Waals surface area (Å²) < 4.78 is 10.7. The second-order valence-corrected chi connectivity index (χ2v) is 5.02. The molecule has 0 N–H and O–H groups in total. The Labute approximate surface area is 139 Å². The van der Waals surface area contributed by atoms with E-state index in [1.54, 1.807) is 55.5 Å². The average Bonchev–Trinajstić information content (AvgIpc) is 2.61. The van der Waals surface area contributed by atoms with Gasteiger partial charge in [0.2, 0.25) is 0 Å². The van der Waals surface area contributed by atoms with Crippen LogP contribution in [0.3, 0.4) is 0 Å². The minimum absolute atomic E-state index is 0.0963. The second kappa shape index (κ2) is 7.83. The van der Waals surface area contributed by atoms with Crippen molar-refractivity contribution < 1.29 is 14.4 Å². The molecule has 2 aromatic carbocycles. The van der Waals surface area contributed by atoms with Crippen LogP contribution in [0.25, 0.3) is 0 Å². The van der Waals surface area contributed by atoms with Gasteiger partial charge in [0.05, 0.1) is 30.2 Å². The van der Waals surface area contributed by atoms with Gasteiger partial charge in [0.1, 0.15) is 23.8 Å². The average molecular weight is 327 g/mol. The minimum Gasteiger partial charge on any atom is -0.497 e. The number of methoxy groups -OCH3 is 1. The number of nitro groups is 1. The van der Waals surface area contributed by atoms with Gasteiger partial charge in [0.15, 0.2) is 0 Å². The number of benzene rings is 2. The fraction of sp³-hybridized carbons (Fsp3) is 0.235. The fourth-order valence-electron chi connectivity index (χ4n) is 2.15. The first-order chi connectivity index (χ1) is 11.5. The lowest BCUT2D eigenvalue weighted by molar-refractivity contribution is -0.384. The summed E-state index contributed by atoms with van der Waals surface area (Å²) in [5.74, 6) is 1.44. The van der Waals surface area contributed by atoms with Crippen molar-refractivity contribution in [1.29, 1.82) is 5.26 Å². The molecule has 0 saturated carbocycles. The summed E-state index contributed by atoms with van der Waals surface area (Å²) in [5.41, 5.74) is 0.603. The number of nitro benzene ring substituents is 1. The molecule has 124 valence electrons. The summed E-state index contributed by atoms with van der Waals surface area (Å²) in [6, 6.07) is 13.5. The molecule has 2 aromatic rings. The minimum atomic E-state index is -0.489. The van der Waals surface area contributed by atoms with Crippen molar-refractivity contribution in [3.8, 4) is 17.6 Å². The predicted octanol–water partition coefficient (Wildman–Crippen LogP) is 2.99. The monoisotopic (exact) mass is 327 g/mol. The Morgan fingerprint density at radius 3 is 2.46 bits per heavy atom. The molecule has 0 unspecified atom stereocenters. The van der Waals surface area contributed by atoms with E-state index in [-0.39, 0.29) is 11.3 Å². The largest absolute Gasteiger partial charge is 0.497 e. The van der Waals surface area contributed by atoms with Gasteiger partial charge in [-0.05, 0) is 36.4 Å². The second-order valence-electron chi connectivity index (χ2n) is 5.02. The van der Waals surface area contributed by atoms with Gasteiger partial charge in [-0.2, -0.15) is 5.26 Å². The molecule has 7 heteroatoms. The van der Waals surface area contributed by atoms with Gasteiger partial charge in [0.25, 0.3) is 5.69 Å². The molecular formula is C17H17N3O4. The molecule has 0 atom stereocenters. The molecular weight excluding hydrogens is 310 g/mol. The number of hydrogen-bond donors (Lipinski definition) is 0. The quantitative estimate of drug-likeness (QED) is 0.574. The van der Waals surface area contributed by atoms with E-state index in [0.717, 1.165) is 5.75 Å². The van der Waals surface area contributed by atoms with Crippen molar-refractivity contribution in [2.75, 3.05) is 32.2 Å². The zero-order valence-corrected chi connectivity index (χ0v) is 13.4. The SMILES string of the molecule is COc1ccc(OCCN(C)c2ccc(C#N)cc2[N+](=O)[O-])cc1. The third-order valence-corrected chi connectivity index (χ3v) is 3.47. The predicted molar refractivity (Wildman–Crippen MR) is 89.6 cm³/mol. The number of likely N-dealkylation sites (N-methyl/N-ethyl adjacent to an activating group) is 1. The Morgan fingerprint density at radius 2 is 1.88 bits per heavy atom. The lowest BCUT2D eigenvalue weighted by Crippen LogP contribution is -2.24. The maximum absolute atomic E-state index is 11.2. The number of nitrogens with zero attached hydrogens (tertiary/aromatic N) is 3. The molecule has 0 fully saturated rings. The summed E-state index contributed by atoms with van der Waals surface area (Å²) in [6.07, 6.45) is 0. The highest BCUT2D eigenvalue weighted by atomic mass is 16.6. The van der Waals surface area contributed by atoms with E-state index >= 15 is 0 Å². The van der Waals surface area contributed by atoms with Crippen LogP contribution in [-0.2, 0) is 0 Å². The van der Waals surface area contributed by atoms with Crippen molar-refractivity contribution >= 4 is 11.4 Å². The van der Waals surface area contributed by atoms with Gasteiger partial charge in [-0.3, -0.25) is 10.1 Å². The molecule has 0 aliphatic carbocycles. The van der Waals surface area contributed by atoms with Crippen molar-refractivity contribution in [3.05, 3.63) is 58.1 Å². The number of ether oxygens (including phenoxy) is 2. The summed E-state index contributed by atoms with van der Waals surface area (Å²) in [5, 5.41) is 20.0. The summed E-state index contributed by atoms with van der Waals surface area (Å²) in [4.78, 5) is 12.4. The molecule has 0 aliphatic heterocycles.